The zero-order valence-corrected chi connectivity index (χ0v) is 6.81. The lowest BCUT2D eigenvalue weighted by Gasteiger charge is -2.28. The molecule has 0 aromatic heterocycles. The summed E-state index contributed by atoms with van der Waals surface area (Å²) in [6, 6.07) is -0.487. The molecule has 1 heterocycles. The van der Waals surface area contributed by atoms with Gasteiger partial charge in [0.2, 0.25) is 5.91 Å². The molecular weight excluding hydrogens is 162 g/mol. The summed E-state index contributed by atoms with van der Waals surface area (Å²) in [7, 11) is 2.83. The van der Waals surface area contributed by atoms with Crippen molar-refractivity contribution in [2.24, 2.45) is 5.16 Å². The van der Waals surface area contributed by atoms with Gasteiger partial charge in [-0.1, -0.05) is 5.16 Å². The molecule has 0 saturated carbocycles. The van der Waals surface area contributed by atoms with Crippen molar-refractivity contribution >= 4 is 17.8 Å². The van der Waals surface area contributed by atoms with Crippen molar-refractivity contribution in [3.63, 3.8) is 0 Å². The third-order valence-corrected chi connectivity index (χ3v) is 1.76. The van der Waals surface area contributed by atoms with Gasteiger partial charge in [-0.15, -0.1) is 0 Å². The molecule has 0 aromatic rings. The van der Waals surface area contributed by atoms with Crippen LogP contribution in [0.3, 0.4) is 0 Å². The Balaban J connectivity index is 2.92. The Labute approximate surface area is 69.0 Å². The van der Waals surface area contributed by atoms with E-state index in [4.69, 9.17) is 5.21 Å². The number of urea groups is 1. The van der Waals surface area contributed by atoms with E-state index in [2.05, 4.69) is 5.16 Å². The molecule has 0 unspecified atom stereocenters. The Morgan fingerprint density at radius 3 is 2.42 bits per heavy atom. The molecule has 1 N–H and O–H groups in total. The minimum absolute atomic E-state index is 0.0464. The Morgan fingerprint density at radius 1 is 1.33 bits per heavy atom. The third-order valence-electron chi connectivity index (χ3n) is 1.76. The van der Waals surface area contributed by atoms with Gasteiger partial charge in [-0.2, -0.15) is 0 Å². The number of amidine groups is 1. The zero-order valence-electron chi connectivity index (χ0n) is 6.81. The second-order valence-electron chi connectivity index (χ2n) is 2.49. The first-order valence-corrected chi connectivity index (χ1v) is 3.33. The van der Waals surface area contributed by atoms with Gasteiger partial charge in [0.25, 0.3) is 0 Å². The highest BCUT2D eigenvalue weighted by Crippen LogP contribution is 2.08. The van der Waals surface area contributed by atoms with E-state index < -0.39 is 6.03 Å². The van der Waals surface area contributed by atoms with Gasteiger partial charge in [-0.25, -0.2) is 4.79 Å². The average molecular weight is 171 g/mol. The lowest BCUT2D eigenvalue weighted by atomic mass is 10.3. The summed E-state index contributed by atoms with van der Waals surface area (Å²) in [5.41, 5.74) is 0. The maximum Gasteiger partial charge on any atom is 0.331 e. The monoisotopic (exact) mass is 171 g/mol. The number of imide groups is 1. The van der Waals surface area contributed by atoms with Crippen LogP contribution in [-0.2, 0) is 4.79 Å². The molecule has 6 nitrogen and oxygen atoms in total. The van der Waals surface area contributed by atoms with Gasteiger partial charge in [0.05, 0.1) is 6.42 Å². The van der Waals surface area contributed by atoms with E-state index >= 15 is 0 Å². The van der Waals surface area contributed by atoms with Crippen LogP contribution in [0.5, 0.6) is 0 Å². The van der Waals surface area contributed by atoms with Gasteiger partial charge in [0.15, 0.2) is 5.84 Å². The van der Waals surface area contributed by atoms with Crippen molar-refractivity contribution in [1.82, 2.24) is 9.80 Å². The van der Waals surface area contributed by atoms with E-state index in [1.165, 1.54) is 14.1 Å². The number of amides is 3. The summed E-state index contributed by atoms with van der Waals surface area (Å²) >= 11 is 0. The summed E-state index contributed by atoms with van der Waals surface area (Å²) in [6.45, 7) is 0. The summed E-state index contributed by atoms with van der Waals surface area (Å²) < 4.78 is 0. The fourth-order valence-electron chi connectivity index (χ4n) is 0.917. The smallest absolute Gasteiger partial charge is 0.331 e. The number of hydrogen-bond acceptors (Lipinski definition) is 4. The van der Waals surface area contributed by atoms with Gasteiger partial charge in [-0.3, -0.25) is 14.6 Å². The van der Waals surface area contributed by atoms with Gasteiger partial charge in [-0.05, 0) is 0 Å². The normalized spacial score (nSPS) is 22.3. The fraction of sp³-hybridized carbons (Fsp3) is 0.500. The van der Waals surface area contributed by atoms with E-state index in [0.717, 1.165) is 9.80 Å². The Hall–Kier alpha value is -1.59. The predicted octanol–water partition coefficient (Wildman–Crippen LogP) is -0.312. The average Bonchev–Trinajstić information content (AvgIpc) is 2.08. The van der Waals surface area contributed by atoms with Crippen LogP contribution in [0.25, 0.3) is 0 Å². The molecule has 1 aliphatic rings. The first-order valence-electron chi connectivity index (χ1n) is 3.33. The van der Waals surface area contributed by atoms with E-state index in [1.807, 2.05) is 0 Å². The molecule has 1 fully saturated rings. The highest BCUT2D eigenvalue weighted by molar-refractivity contribution is 6.15. The van der Waals surface area contributed by atoms with Crippen molar-refractivity contribution in [1.29, 1.82) is 0 Å². The van der Waals surface area contributed by atoms with Crippen molar-refractivity contribution in [2.75, 3.05) is 14.1 Å². The molecule has 6 heteroatoms. The molecule has 66 valence electrons. The molecule has 0 atom stereocenters. The highest BCUT2D eigenvalue weighted by Gasteiger charge is 2.31. The van der Waals surface area contributed by atoms with Gasteiger partial charge in [0.1, 0.15) is 0 Å². The maximum atomic E-state index is 11.1. The molecule has 3 amide bonds. The molecule has 0 aliphatic carbocycles. The van der Waals surface area contributed by atoms with Crippen LogP contribution >= 0.6 is 0 Å². The van der Waals surface area contributed by atoms with Crippen molar-refractivity contribution in [2.45, 2.75) is 6.42 Å². The summed E-state index contributed by atoms with van der Waals surface area (Å²) in [6.07, 6.45) is -0.0464. The van der Waals surface area contributed by atoms with Gasteiger partial charge < -0.3 is 5.21 Å². The second kappa shape index (κ2) is 2.80. The Bertz CT molecular complexity index is 261. The van der Waals surface area contributed by atoms with Crippen molar-refractivity contribution < 1.29 is 14.8 Å². The summed E-state index contributed by atoms with van der Waals surface area (Å²) in [4.78, 5) is 24.3. The maximum absolute atomic E-state index is 11.1. The summed E-state index contributed by atoms with van der Waals surface area (Å²) in [5.74, 6) is -0.297. The van der Waals surface area contributed by atoms with Crippen LogP contribution in [0.2, 0.25) is 0 Å². The van der Waals surface area contributed by atoms with E-state index in [0.29, 0.717) is 0 Å². The number of carbonyl (C=O) groups excluding carboxylic acids is 2. The number of hydrogen-bond donors (Lipinski definition) is 1. The lowest BCUT2D eigenvalue weighted by Crippen LogP contribution is -2.51. The first-order chi connectivity index (χ1) is 5.57. The quantitative estimate of drug-likeness (QED) is 0.401. The van der Waals surface area contributed by atoms with Gasteiger partial charge >= 0.3 is 6.03 Å². The van der Waals surface area contributed by atoms with Crippen LogP contribution in [-0.4, -0.2) is 46.9 Å². The fourth-order valence-corrected chi connectivity index (χ4v) is 0.917. The van der Waals surface area contributed by atoms with Crippen LogP contribution < -0.4 is 0 Å². The number of rotatable bonds is 0. The van der Waals surface area contributed by atoms with E-state index in [1.54, 1.807) is 0 Å². The molecule has 1 aliphatic heterocycles. The number of nitrogens with zero attached hydrogens (tertiary/aromatic N) is 3. The second-order valence-corrected chi connectivity index (χ2v) is 2.49. The standard InChI is InChI=1S/C6H9N3O3/c1-8-4(7-12)3-5(10)9(2)6(8)11/h12H,3H2,1-2H3/b7-4-. The van der Waals surface area contributed by atoms with Crippen molar-refractivity contribution in [3.8, 4) is 0 Å². The zero-order chi connectivity index (χ0) is 9.30. The molecule has 1 saturated heterocycles. The largest absolute Gasteiger partial charge is 0.409 e. The van der Waals surface area contributed by atoms with Crippen LogP contribution in [0.4, 0.5) is 4.79 Å². The molecule has 0 radical (unpaired) electrons. The van der Waals surface area contributed by atoms with Crippen LogP contribution in [0.15, 0.2) is 5.16 Å². The lowest BCUT2D eigenvalue weighted by molar-refractivity contribution is -0.127. The topological polar surface area (TPSA) is 73.2 Å². The first kappa shape index (κ1) is 8.51. The van der Waals surface area contributed by atoms with Crippen molar-refractivity contribution in [3.05, 3.63) is 0 Å². The minimum Gasteiger partial charge on any atom is -0.409 e. The number of carbonyl (C=O) groups is 2. The van der Waals surface area contributed by atoms with E-state index in [9.17, 15) is 9.59 Å². The molecular formula is C6H9N3O3. The Morgan fingerprint density at radius 2 is 1.92 bits per heavy atom. The Kier molecular flexibility index (Phi) is 1.99. The summed E-state index contributed by atoms with van der Waals surface area (Å²) in [5, 5.41) is 11.2. The SMILES string of the molecule is CN1C(=O)C/C(=N/O)N(C)C1=O. The molecule has 12 heavy (non-hydrogen) atoms. The van der Waals surface area contributed by atoms with E-state index in [-0.39, 0.29) is 18.2 Å². The molecule has 0 bridgehead atoms. The molecule has 0 spiro atoms. The minimum atomic E-state index is -0.487. The number of oxime groups is 1. The predicted molar refractivity (Wildman–Crippen MR) is 39.8 cm³/mol. The highest BCUT2D eigenvalue weighted by atomic mass is 16.4. The third kappa shape index (κ3) is 1.11. The van der Waals surface area contributed by atoms with Crippen LogP contribution in [0.1, 0.15) is 6.42 Å². The van der Waals surface area contributed by atoms with Gasteiger partial charge in [0, 0.05) is 14.1 Å². The molecule has 1 rings (SSSR count). The van der Waals surface area contributed by atoms with Crippen LogP contribution in [0, 0.1) is 0 Å². The molecule has 0 aromatic carbocycles.